The second kappa shape index (κ2) is 6.95. The Kier molecular flexibility index (Phi) is 4.65. The molecular formula is C19H25N3O3S. The lowest BCUT2D eigenvalue weighted by Gasteiger charge is -2.23. The molecule has 0 unspecified atom stereocenters. The van der Waals surface area contributed by atoms with Crippen LogP contribution < -0.4 is 9.46 Å². The number of aryl methyl sites for hydroxylation is 2. The summed E-state index contributed by atoms with van der Waals surface area (Å²) in [5.74, 6) is 1.18. The molecule has 0 spiro atoms. The van der Waals surface area contributed by atoms with Crippen LogP contribution in [0.1, 0.15) is 55.8 Å². The second-order valence-electron chi connectivity index (χ2n) is 7.23. The van der Waals surface area contributed by atoms with Gasteiger partial charge in [0, 0.05) is 11.8 Å². The van der Waals surface area contributed by atoms with Crippen LogP contribution >= 0.6 is 0 Å². The van der Waals surface area contributed by atoms with Crippen LogP contribution in [-0.4, -0.2) is 24.8 Å². The van der Waals surface area contributed by atoms with Gasteiger partial charge < -0.3 is 4.74 Å². The van der Waals surface area contributed by atoms with Crippen molar-refractivity contribution in [3.8, 4) is 5.75 Å². The molecule has 2 heterocycles. The van der Waals surface area contributed by atoms with Gasteiger partial charge in [0.2, 0.25) is 0 Å². The highest BCUT2D eigenvalue weighted by molar-refractivity contribution is 7.92. The van der Waals surface area contributed by atoms with Crippen LogP contribution in [0.15, 0.2) is 29.2 Å². The predicted molar refractivity (Wildman–Crippen MR) is 100 cm³/mol. The van der Waals surface area contributed by atoms with Crippen molar-refractivity contribution in [1.29, 1.82) is 0 Å². The van der Waals surface area contributed by atoms with Crippen LogP contribution in [0.5, 0.6) is 5.75 Å². The lowest BCUT2D eigenvalue weighted by Crippen LogP contribution is -2.17. The third-order valence-corrected chi connectivity index (χ3v) is 6.62. The molecule has 2 aliphatic rings. The van der Waals surface area contributed by atoms with Gasteiger partial charge in [0.05, 0.1) is 17.5 Å². The summed E-state index contributed by atoms with van der Waals surface area (Å²) in [7, 11) is -3.66. The molecule has 1 aliphatic carbocycles. The number of aromatic nitrogens is 2. The second-order valence-corrected chi connectivity index (χ2v) is 8.92. The van der Waals surface area contributed by atoms with E-state index in [1.54, 1.807) is 18.2 Å². The first-order valence-electron chi connectivity index (χ1n) is 9.38. The summed E-state index contributed by atoms with van der Waals surface area (Å²) in [5, 5.41) is 4.53. The summed E-state index contributed by atoms with van der Waals surface area (Å²) in [6, 6.07) is 7.24. The molecule has 7 heteroatoms. The molecule has 26 heavy (non-hydrogen) atoms. The number of fused-ring (bicyclic) bond motifs is 1. The van der Waals surface area contributed by atoms with Gasteiger partial charge in [-0.05, 0) is 56.4 Å². The van der Waals surface area contributed by atoms with Crippen molar-refractivity contribution in [3.05, 3.63) is 35.5 Å². The van der Waals surface area contributed by atoms with Crippen LogP contribution in [0.3, 0.4) is 0 Å². The molecule has 2 aromatic rings. The first-order valence-corrected chi connectivity index (χ1v) is 10.9. The molecule has 6 nitrogen and oxygen atoms in total. The molecule has 140 valence electrons. The van der Waals surface area contributed by atoms with E-state index in [1.807, 2.05) is 17.7 Å². The largest absolute Gasteiger partial charge is 0.493 e. The summed E-state index contributed by atoms with van der Waals surface area (Å²) in [5.41, 5.74) is 1.94. The molecule has 0 atom stereocenters. The number of ether oxygens (including phenoxy) is 1. The van der Waals surface area contributed by atoms with Crippen molar-refractivity contribution in [2.75, 3.05) is 11.3 Å². The van der Waals surface area contributed by atoms with E-state index in [1.165, 1.54) is 19.3 Å². The fourth-order valence-corrected chi connectivity index (χ4v) is 4.97. The van der Waals surface area contributed by atoms with E-state index in [0.717, 1.165) is 42.7 Å². The van der Waals surface area contributed by atoms with Gasteiger partial charge >= 0.3 is 0 Å². The number of hydrogen-bond acceptors (Lipinski definition) is 4. The normalized spacial score (nSPS) is 18.2. The molecule has 1 N–H and O–H groups in total. The van der Waals surface area contributed by atoms with Gasteiger partial charge in [-0.25, -0.2) is 8.42 Å². The minimum atomic E-state index is -3.66. The fraction of sp³-hybridized carbons (Fsp3) is 0.526. The summed E-state index contributed by atoms with van der Waals surface area (Å²) in [4.78, 5) is 0.256. The van der Waals surface area contributed by atoms with Crippen LogP contribution in [0.25, 0.3) is 0 Å². The van der Waals surface area contributed by atoms with Crippen molar-refractivity contribution < 1.29 is 13.2 Å². The fourth-order valence-electron chi connectivity index (χ4n) is 3.93. The molecule has 0 radical (unpaired) electrons. The Morgan fingerprint density at radius 3 is 2.77 bits per heavy atom. The molecule has 4 rings (SSSR count). The van der Waals surface area contributed by atoms with Crippen LogP contribution in [0, 0.1) is 6.92 Å². The van der Waals surface area contributed by atoms with Crippen LogP contribution in [-0.2, 0) is 16.4 Å². The Balaban J connectivity index is 1.56. The molecule has 0 amide bonds. The van der Waals surface area contributed by atoms with E-state index in [2.05, 4.69) is 9.82 Å². The van der Waals surface area contributed by atoms with Crippen molar-refractivity contribution in [1.82, 2.24) is 9.78 Å². The zero-order chi connectivity index (χ0) is 18.1. The summed E-state index contributed by atoms with van der Waals surface area (Å²) >= 11 is 0. The minimum Gasteiger partial charge on any atom is -0.493 e. The number of benzene rings is 1. The number of rotatable bonds is 4. The number of anilines is 1. The Bertz CT molecular complexity index is 899. The van der Waals surface area contributed by atoms with Crippen LogP contribution in [0.2, 0.25) is 0 Å². The van der Waals surface area contributed by atoms with Gasteiger partial charge in [-0.15, -0.1) is 0 Å². The third-order valence-electron chi connectivity index (χ3n) is 5.27. The standard InChI is InChI=1S/C19H25N3O3S/c1-14-12-19(20-22(14)16-7-3-2-4-8-16)21-26(23,24)17-9-10-18-15(13-17)6-5-11-25-18/h9-10,12-13,16H,2-8,11H2,1H3,(H,20,21). The quantitative estimate of drug-likeness (QED) is 0.882. The molecule has 0 bridgehead atoms. The first-order chi connectivity index (χ1) is 12.5. The molecular weight excluding hydrogens is 350 g/mol. The van der Waals surface area contributed by atoms with Gasteiger partial charge in [0.25, 0.3) is 10.0 Å². The zero-order valence-corrected chi connectivity index (χ0v) is 15.9. The summed E-state index contributed by atoms with van der Waals surface area (Å²) in [6.45, 7) is 2.67. The number of nitrogens with zero attached hydrogens (tertiary/aromatic N) is 2. The highest BCUT2D eigenvalue weighted by atomic mass is 32.2. The third kappa shape index (κ3) is 3.45. The topological polar surface area (TPSA) is 73.2 Å². The minimum absolute atomic E-state index is 0.256. The van der Waals surface area contributed by atoms with E-state index < -0.39 is 10.0 Å². The lowest BCUT2D eigenvalue weighted by molar-refractivity contribution is 0.288. The molecule has 0 saturated heterocycles. The Morgan fingerprint density at radius 1 is 1.15 bits per heavy atom. The highest BCUT2D eigenvalue weighted by Gasteiger charge is 2.22. The van der Waals surface area contributed by atoms with Gasteiger partial charge in [0.15, 0.2) is 5.82 Å². The van der Waals surface area contributed by atoms with E-state index in [9.17, 15) is 8.42 Å². The Morgan fingerprint density at radius 2 is 1.96 bits per heavy atom. The maximum Gasteiger partial charge on any atom is 0.263 e. The maximum atomic E-state index is 12.8. The highest BCUT2D eigenvalue weighted by Crippen LogP contribution is 2.31. The van der Waals surface area contributed by atoms with E-state index in [-0.39, 0.29) is 4.90 Å². The summed E-state index contributed by atoms with van der Waals surface area (Å²) in [6.07, 6.45) is 7.67. The average Bonchev–Trinajstić information content (AvgIpc) is 3.01. The number of sulfonamides is 1. The van der Waals surface area contributed by atoms with Crippen molar-refractivity contribution in [2.24, 2.45) is 0 Å². The molecule has 1 fully saturated rings. The van der Waals surface area contributed by atoms with Gasteiger partial charge in [-0.1, -0.05) is 19.3 Å². The molecule has 1 aliphatic heterocycles. The van der Waals surface area contributed by atoms with E-state index >= 15 is 0 Å². The van der Waals surface area contributed by atoms with Gasteiger partial charge in [-0.2, -0.15) is 5.10 Å². The summed E-state index contributed by atoms with van der Waals surface area (Å²) < 4.78 is 35.8. The Labute approximate surface area is 154 Å². The lowest BCUT2D eigenvalue weighted by atomic mass is 9.95. The molecule has 1 aromatic heterocycles. The van der Waals surface area contributed by atoms with Crippen LogP contribution in [0.4, 0.5) is 5.82 Å². The smallest absolute Gasteiger partial charge is 0.263 e. The Hall–Kier alpha value is -2.02. The SMILES string of the molecule is Cc1cc(NS(=O)(=O)c2ccc3c(c2)CCCO3)nn1C1CCCCC1. The molecule has 1 aromatic carbocycles. The van der Waals surface area contributed by atoms with E-state index in [4.69, 9.17) is 4.74 Å². The first kappa shape index (κ1) is 17.4. The number of hydrogen-bond donors (Lipinski definition) is 1. The van der Waals surface area contributed by atoms with E-state index in [0.29, 0.717) is 18.5 Å². The van der Waals surface area contributed by atoms with Crippen molar-refractivity contribution in [3.63, 3.8) is 0 Å². The van der Waals surface area contributed by atoms with Gasteiger partial charge in [-0.3, -0.25) is 9.40 Å². The monoisotopic (exact) mass is 375 g/mol. The van der Waals surface area contributed by atoms with Crippen molar-refractivity contribution in [2.45, 2.75) is 62.8 Å². The average molecular weight is 375 g/mol. The number of nitrogens with one attached hydrogen (secondary N) is 1. The van der Waals surface area contributed by atoms with Gasteiger partial charge in [0.1, 0.15) is 5.75 Å². The molecule has 1 saturated carbocycles. The maximum absolute atomic E-state index is 12.8. The van der Waals surface area contributed by atoms with Crippen molar-refractivity contribution >= 4 is 15.8 Å². The predicted octanol–water partition coefficient (Wildman–Crippen LogP) is 3.82. The zero-order valence-electron chi connectivity index (χ0n) is 15.1.